The van der Waals surface area contributed by atoms with Gasteiger partial charge in [0.2, 0.25) is 0 Å². The number of alkyl halides is 3. The number of aliphatic imine (C=N–C) groups is 2. The van der Waals surface area contributed by atoms with Crippen LogP contribution in [0.5, 0.6) is 0 Å². The van der Waals surface area contributed by atoms with Crippen molar-refractivity contribution in [3.8, 4) is 0 Å². The lowest BCUT2D eigenvalue weighted by Gasteiger charge is -2.03. The quantitative estimate of drug-likeness (QED) is 0.540. The van der Waals surface area contributed by atoms with Gasteiger partial charge in [0.15, 0.2) is 11.5 Å². The molecule has 8 heteroatoms. The van der Waals surface area contributed by atoms with E-state index in [1.165, 1.54) is 0 Å². The maximum Gasteiger partial charge on any atom is 0.437 e. The highest BCUT2D eigenvalue weighted by Crippen LogP contribution is 2.19. The fraction of sp³-hybridized carbons (Fsp3) is 0.250. The molecule has 1 aliphatic heterocycles. The van der Waals surface area contributed by atoms with E-state index in [0.29, 0.717) is 0 Å². The summed E-state index contributed by atoms with van der Waals surface area (Å²) in [6, 6.07) is 0. The summed E-state index contributed by atoms with van der Waals surface area (Å²) in [6.07, 6.45) is -4.65. The SMILES string of the molecule is NC1=NC(=S=O)N=C1C(F)(F)F. The molecule has 0 fully saturated rings. The van der Waals surface area contributed by atoms with Crippen LogP contribution in [0.25, 0.3) is 0 Å². The molecule has 0 aromatic rings. The zero-order valence-electron chi connectivity index (χ0n) is 5.42. The third-order valence-corrected chi connectivity index (χ3v) is 1.34. The molecule has 0 aliphatic carbocycles. The molecular weight excluding hydrogens is 195 g/mol. The second-order valence-corrected chi connectivity index (χ2v) is 2.35. The van der Waals surface area contributed by atoms with Gasteiger partial charge in [-0.2, -0.15) is 18.2 Å². The molecule has 4 nitrogen and oxygen atoms in total. The fourth-order valence-corrected chi connectivity index (χ4v) is 0.844. The minimum Gasteiger partial charge on any atom is -0.382 e. The molecule has 0 atom stereocenters. The first-order valence-electron chi connectivity index (χ1n) is 2.62. The summed E-state index contributed by atoms with van der Waals surface area (Å²) in [5.74, 6) is -0.763. The van der Waals surface area contributed by atoms with Gasteiger partial charge in [-0.15, -0.1) is 0 Å². The molecule has 0 bridgehead atoms. The van der Waals surface area contributed by atoms with E-state index in [1.54, 1.807) is 0 Å². The van der Waals surface area contributed by atoms with E-state index < -0.39 is 22.8 Å². The average Bonchev–Trinajstić information content (AvgIpc) is 2.29. The number of nitrogens with two attached hydrogens (primary N) is 1. The molecule has 12 heavy (non-hydrogen) atoms. The van der Waals surface area contributed by atoms with Crippen molar-refractivity contribution < 1.29 is 17.4 Å². The van der Waals surface area contributed by atoms with E-state index >= 15 is 0 Å². The lowest BCUT2D eigenvalue weighted by molar-refractivity contribution is -0.0564. The first-order valence-corrected chi connectivity index (χ1v) is 3.36. The first-order chi connectivity index (χ1) is 5.45. The average molecular weight is 197 g/mol. The zero-order valence-corrected chi connectivity index (χ0v) is 6.24. The van der Waals surface area contributed by atoms with Crippen LogP contribution < -0.4 is 5.73 Å². The maximum atomic E-state index is 11.9. The highest BCUT2D eigenvalue weighted by atomic mass is 32.1. The van der Waals surface area contributed by atoms with E-state index in [4.69, 9.17) is 5.73 Å². The van der Waals surface area contributed by atoms with Crippen LogP contribution in [-0.4, -0.2) is 27.0 Å². The van der Waals surface area contributed by atoms with Gasteiger partial charge in [-0.3, -0.25) is 0 Å². The second-order valence-electron chi connectivity index (χ2n) is 1.82. The lowest BCUT2D eigenvalue weighted by atomic mass is 10.3. The molecule has 1 heterocycles. The van der Waals surface area contributed by atoms with Crippen molar-refractivity contribution in [1.82, 2.24) is 0 Å². The normalized spacial score (nSPS) is 17.4. The Labute approximate surface area is 68.1 Å². The molecule has 1 rings (SSSR count). The van der Waals surface area contributed by atoms with E-state index in [0.717, 1.165) is 0 Å². The highest BCUT2D eigenvalue weighted by Gasteiger charge is 2.41. The predicted molar refractivity (Wildman–Crippen MR) is 38.3 cm³/mol. The molecule has 0 unspecified atom stereocenters. The van der Waals surface area contributed by atoms with E-state index in [1.807, 2.05) is 0 Å². The molecule has 0 saturated heterocycles. The van der Waals surface area contributed by atoms with Gasteiger partial charge in [0.25, 0.3) is 5.11 Å². The van der Waals surface area contributed by atoms with Crippen molar-refractivity contribution in [2.45, 2.75) is 6.18 Å². The standard InChI is InChI=1S/C4H2F3N3OS/c5-4(6,7)1-2(8)10-3(9-1)12-11/h(H2,8,10). The van der Waals surface area contributed by atoms with Crippen LogP contribution in [0.15, 0.2) is 9.98 Å². The van der Waals surface area contributed by atoms with Crippen molar-refractivity contribution in [2.24, 2.45) is 15.7 Å². The van der Waals surface area contributed by atoms with E-state index in [9.17, 15) is 17.4 Å². The lowest BCUT2D eigenvalue weighted by Crippen LogP contribution is -2.34. The smallest absolute Gasteiger partial charge is 0.382 e. The molecule has 0 aromatic carbocycles. The van der Waals surface area contributed by atoms with E-state index in [-0.39, 0.29) is 11.3 Å². The van der Waals surface area contributed by atoms with Crippen LogP contribution in [0, 0.1) is 0 Å². The maximum absolute atomic E-state index is 11.9. The van der Waals surface area contributed by atoms with Crippen molar-refractivity contribution in [3.05, 3.63) is 0 Å². The van der Waals surface area contributed by atoms with Crippen molar-refractivity contribution in [2.75, 3.05) is 0 Å². The molecule has 0 amide bonds. The van der Waals surface area contributed by atoms with Crippen molar-refractivity contribution in [1.29, 1.82) is 0 Å². The Morgan fingerprint density at radius 1 is 1.33 bits per heavy atom. The van der Waals surface area contributed by atoms with Gasteiger partial charge < -0.3 is 5.73 Å². The highest BCUT2D eigenvalue weighted by molar-refractivity contribution is 7.66. The van der Waals surface area contributed by atoms with Crippen LogP contribution >= 0.6 is 0 Å². The fourth-order valence-electron chi connectivity index (χ4n) is 0.580. The van der Waals surface area contributed by atoms with Crippen molar-refractivity contribution >= 4 is 27.9 Å². The molecule has 0 spiro atoms. The summed E-state index contributed by atoms with van der Waals surface area (Å²) in [6.45, 7) is 0. The summed E-state index contributed by atoms with van der Waals surface area (Å²) in [4.78, 5) is 5.98. The van der Waals surface area contributed by atoms with Gasteiger partial charge >= 0.3 is 6.18 Å². The van der Waals surface area contributed by atoms with Gasteiger partial charge in [-0.25, -0.2) is 9.20 Å². The van der Waals surface area contributed by atoms with Gasteiger partial charge in [0.05, 0.1) is 0 Å². The molecule has 0 saturated carbocycles. The Bertz CT molecular complexity index is 325. The van der Waals surface area contributed by atoms with Crippen LogP contribution in [0.3, 0.4) is 0 Å². The van der Waals surface area contributed by atoms with Gasteiger partial charge in [-0.1, -0.05) is 0 Å². The van der Waals surface area contributed by atoms with Crippen LogP contribution in [-0.2, 0) is 11.3 Å². The monoisotopic (exact) mass is 197 g/mol. The summed E-state index contributed by atoms with van der Waals surface area (Å²) in [5, 5.41) is -0.514. The molecule has 2 N–H and O–H groups in total. The minimum absolute atomic E-state index is 0.232. The Balaban J connectivity index is 3.13. The summed E-state index contributed by atoms with van der Waals surface area (Å²) < 4.78 is 45.7. The second kappa shape index (κ2) is 2.70. The van der Waals surface area contributed by atoms with Crippen molar-refractivity contribution in [3.63, 3.8) is 0 Å². The van der Waals surface area contributed by atoms with Crippen LogP contribution in [0.4, 0.5) is 13.2 Å². The third-order valence-electron chi connectivity index (χ3n) is 1.01. The predicted octanol–water partition coefficient (Wildman–Crippen LogP) is -0.339. The molecule has 1 aliphatic rings. The number of halogens is 3. The molecular formula is C4H2F3N3OS. The van der Waals surface area contributed by atoms with Gasteiger partial charge in [0.1, 0.15) is 11.3 Å². The minimum atomic E-state index is -4.65. The van der Waals surface area contributed by atoms with Crippen LogP contribution in [0.2, 0.25) is 0 Å². The third kappa shape index (κ3) is 1.52. The Morgan fingerprint density at radius 2 is 1.92 bits per heavy atom. The summed E-state index contributed by atoms with van der Waals surface area (Å²) in [7, 11) is 0. The topological polar surface area (TPSA) is 67.8 Å². The summed E-state index contributed by atoms with van der Waals surface area (Å²) in [5.41, 5.74) is 3.55. The Hall–Kier alpha value is -1.18. The van der Waals surface area contributed by atoms with Gasteiger partial charge in [-0.05, 0) is 0 Å². The number of hydrogen-bond acceptors (Lipinski definition) is 2. The number of nitrogens with zero attached hydrogens (tertiary/aromatic N) is 2. The number of rotatable bonds is 0. The summed E-state index contributed by atoms with van der Waals surface area (Å²) >= 11 is -0.232. The number of amidine groups is 1. The number of hydrogen-bond donors (Lipinski definition) is 1. The van der Waals surface area contributed by atoms with E-state index in [2.05, 4.69) is 9.98 Å². The first kappa shape index (κ1) is 8.91. The Kier molecular flexibility index (Phi) is 2.01. The molecule has 0 radical (unpaired) electrons. The Morgan fingerprint density at radius 3 is 2.17 bits per heavy atom. The molecule has 0 aromatic heterocycles. The molecule has 66 valence electrons. The zero-order chi connectivity index (χ0) is 9.35. The van der Waals surface area contributed by atoms with Crippen LogP contribution in [0.1, 0.15) is 0 Å². The van der Waals surface area contributed by atoms with Gasteiger partial charge in [0, 0.05) is 0 Å². The largest absolute Gasteiger partial charge is 0.437 e.